The molecule has 1 aromatic rings. The van der Waals surface area contributed by atoms with Gasteiger partial charge in [0.15, 0.2) is 0 Å². The molecule has 1 N–H and O–H groups in total. The summed E-state index contributed by atoms with van der Waals surface area (Å²) in [6.45, 7) is 4.06. The van der Waals surface area contributed by atoms with Crippen molar-refractivity contribution in [3.8, 4) is 5.75 Å². The Hall–Kier alpha value is -1.10. The monoisotopic (exact) mass is 249 g/mol. The van der Waals surface area contributed by atoms with E-state index in [0.29, 0.717) is 0 Å². The van der Waals surface area contributed by atoms with E-state index in [4.69, 9.17) is 14.2 Å². The highest BCUT2D eigenvalue weighted by atomic mass is 16.5. The van der Waals surface area contributed by atoms with Crippen molar-refractivity contribution in [2.45, 2.75) is 11.5 Å². The minimum Gasteiger partial charge on any atom is -0.497 e. The van der Waals surface area contributed by atoms with Crippen LogP contribution in [0.15, 0.2) is 24.3 Å². The molecule has 0 aromatic heterocycles. The van der Waals surface area contributed by atoms with Gasteiger partial charge in [-0.15, -0.1) is 0 Å². The maximum atomic E-state index is 5.93. The summed E-state index contributed by atoms with van der Waals surface area (Å²) in [6, 6.07) is 8.24. The Kier molecular flexibility index (Phi) is 3.24. The highest BCUT2D eigenvalue weighted by Gasteiger charge is 2.48. The van der Waals surface area contributed by atoms with Crippen LogP contribution in [0.25, 0.3) is 0 Å². The first-order chi connectivity index (χ1) is 8.85. The van der Waals surface area contributed by atoms with E-state index < -0.39 is 0 Å². The van der Waals surface area contributed by atoms with Crippen LogP contribution in [0.2, 0.25) is 0 Å². The average molecular weight is 249 g/mol. The maximum Gasteiger partial charge on any atom is 0.119 e. The highest BCUT2D eigenvalue weighted by molar-refractivity contribution is 5.37. The third-order valence-corrected chi connectivity index (χ3v) is 3.91. The number of morpholine rings is 1. The quantitative estimate of drug-likeness (QED) is 0.866. The second-order valence-corrected chi connectivity index (χ2v) is 4.94. The van der Waals surface area contributed by atoms with Gasteiger partial charge in [-0.3, -0.25) is 0 Å². The van der Waals surface area contributed by atoms with Crippen LogP contribution >= 0.6 is 0 Å². The predicted molar refractivity (Wildman–Crippen MR) is 68.1 cm³/mol. The lowest BCUT2D eigenvalue weighted by Crippen LogP contribution is -2.61. The number of hydrogen-bond donors (Lipinski definition) is 1. The van der Waals surface area contributed by atoms with Crippen LogP contribution in [-0.4, -0.2) is 46.1 Å². The summed E-state index contributed by atoms with van der Waals surface area (Å²) >= 11 is 0. The van der Waals surface area contributed by atoms with Crippen molar-refractivity contribution in [3.63, 3.8) is 0 Å². The van der Waals surface area contributed by atoms with Gasteiger partial charge in [-0.2, -0.15) is 0 Å². The van der Waals surface area contributed by atoms with E-state index in [-0.39, 0.29) is 11.5 Å². The number of hydrogen-bond acceptors (Lipinski definition) is 4. The summed E-state index contributed by atoms with van der Waals surface area (Å²) in [5.74, 6) is 0.891. The van der Waals surface area contributed by atoms with Gasteiger partial charge in [0.1, 0.15) is 5.75 Å². The Morgan fingerprint density at radius 3 is 2.89 bits per heavy atom. The van der Waals surface area contributed by atoms with Crippen molar-refractivity contribution in [1.29, 1.82) is 0 Å². The third kappa shape index (κ3) is 1.90. The molecule has 2 saturated heterocycles. The predicted octanol–water partition coefficient (Wildman–Crippen LogP) is 0.952. The summed E-state index contributed by atoms with van der Waals surface area (Å²) in [4.78, 5) is 0. The van der Waals surface area contributed by atoms with E-state index >= 15 is 0 Å². The second kappa shape index (κ2) is 4.88. The molecule has 2 heterocycles. The van der Waals surface area contributed by atoms with Gasteiger partial charge in [0.2, 0.25) is 0 Å². The molecule has 0 spiro atoms. The zero-order valence-corrected chi connectivity index (χ0v) is 10.6. The zero-order chi connectivity index (χ0) is 12.4. The van der Waals surface area contributed by atoms with Gasteiger partial charge >= 0.3 is 0 Å². The van der Waals surface area contributed by atoms with E-state index in [1.807, 2.05) is 12.1 Å². The molecule has 2 fully saturated rings. The molecule has 18 heavy (non-hydrogen) atoms. The first-order valence-electron chi connectivity index (χ1n) is 6.40. The largest absolute Gasteiger partial charge is 0.497 e. The molecular formula is C14H19NO3. The van der Waals surface area contributed by atoms with E-state index in [1.165, 1.54) is 5.56 Å². The van der Waals surface area contributed by atoms with E-state index in [0.717, 1.165) is 38.7 Å². The van der Waals surface area contributed by atoms with Gasteiger partial charge in [0, 0.05) is 13.1 Å². The van der Waals surface area contributed by atoms with Crippen molar-refractivity contribution >= 4 is 0 Å². The molecule has 1 atom stereocenters. The molecule has 2 aliphatic rings. The fraction of sp³-hybridized carbons (Fsp3) is 0.571. The molecule has 2 aliphatic heterocycles. The topological polar surface area (TPSA) is 39.7 Å². The SMILES string of the molecule is COc1cccc(C2(C3CNCCO3)COC2)c1. The average Bonchev–Trinajstić information content (AvgIpc) is 2.39. The van der Waals surface area contributed by atoms with Gasteiger partial charge < -0.3 is 19.5 Å². The molecule has 1 unspecified atom stereocenters. The summed E-state index contributed by atoms with van der Waals surface area (Å²) in [5, 5.41) is 3.40. The fourth-order valence-corrected chi connectivity index (χ4v) is 2.71. The third-order valence-electron chi connectivity index (χ3n) is 3.91. The first kappa shape index (κ1) is 12.0. The standard InChI is InChI=1S/C14H19NO3/c1-16-12-4-2-3-11(7-12)14(9-17-10-14)13-8-15-5-6-18-13/h2-4,7,13,15H,5-6,8-10H2,1H3. The molecule has 0 radical (unpaired) electrons. The van der Waals surface area contributed by atoms with Gasteiger partial charge in [0.25, 0.3) is 0 Å². The van der Waals surface area contributed by atoms with Crippen molar-refractivity contribution in [2.75, 3.05) is 40.0 Å². The number of nitrogens with one attached hydrogen (secondary N) is 1. The summed E-state index contributed by atoms with van der Waals surface area (Å²) < 4.78 is 16.7. The number of methoxy groups -OCH3 is 1. The zero-order valence-electron chi connectivity index (χ0n) is 10.6. The summed E-state index contributed by atoms with van der Waals surface area (Å²) in [6.07, 6.45) is 0.187. The number of benzene rings is 1. The Labute approximate surface area is 107 Å². The molecule has 0 saturated carbocycles. The lowest BCUT2D eigenvalue weighted by atomic mass is 9.73. The Bertz CT molecular complexity index is 411. The molecule has 98 valence electrons. The van der Waals surface area contributed by atoms with Gasteiger partial charge in [0.05, 0.1) is 38.4 Å². The van der Waals surface area contributed by atoms with Gasteiger partial charge in [-0.25, -0.2) is 0 Å². The molecule has 1 aromatic carbocycles. The van der Waals surface area contributed by atoms with Crippen molar-refractivity contribution < 1.29 is 14.2 Å². The molecule has 4 nitrogen and oxygen atoms in total. The Morgan fingerprint density at radius 2 is 2.28 bits per heavy atom. The summed E-state index contributed by atoms with van der Waals surface area (Å²) in [7, 11) is 1.70. The first-order valence-corrected chi connectivity index (χ1v) is 6.40. The highest BCUT2D eigenvalue weighted by Crippen LogP contribution is 2.38. The van der Waals surface area contributed by atoms with E-state index in [1.54, 1.807) is 7.11 Å². The molecule has 0 amide bonds. The molecule has 0 bridgehead atoms. The van der Waals surface area contributed by atoms with Gasteiger partial charge in [-0.05, 0) is 17.7 Å². The summed E-state index contributed by atoms with van der Waals surface area (Å²) in [5.41, 5.74) is 1.24. The lowest BCUT2D eigenvalue weighted by Gasteiger charge is -2.48. The van der Waals surface area contributed by atoms with E-state index in [9.17, 15) is 0 Å². The smallest absolute Gasteiger partial charge is 0.119 e. The van der Waals surface area contributed by atoms with Gasteiger partial charge in [-0.1, -0.05) is 12.1 Å². The van der Waals surface area contributed by atoms with Crippen LogP contribution in [0.5, 0.6) is 5.75 Å². The van der Waals surface area contributed by atoms with Crippen LogP contribution in [-0.2, 0) is 14.9 Å². The van der Waals surface area contributed by atoms with Crippen LogP contribution in [0.4, 0.5) is 0 Å². The van der Waals surface area contributed by atoms with Crippen molar-refractivity contribution in [3.05, 3.63) is 29.8 Å². The normalized spacial score (nSPS) is 26.4. The van der Waals surface area contributed by atoms with Crippen LogP contribution in [0.3, 0.4) is 0 Å². The van der Waals surface area contributed by atoms with Crippen LogP contribution < -0.4 is 10.1 Å². The maximum absolute atomic E-state index is 5.93. The van der Waals surface area contributed by atoms with Crippen LogP contribution in [0, 0.1) is 0 Å². The molecular weight excluding hydrogens is 230 g/mol. The molecule has 4 heteroatoms. The minimum absolute atomic E-state index is 0.0119. The fourth-order valence-electron chi connectivity index (χ4n) is 2.71. The number of ether oxygens (including phenoxy) is 3. The second-order valence-electron chi connectivity index (χ2n) is 4.94. The number of rotatable bonds is 3. The van der Waals surface area contributed by atoms with Crippen molar-refractivity contribution in [2.24, 2.45) is 0 Å². The lowest BCUT2D eigenvalue weighted by molar-refractivity contribution is -0.146. The molecule has 3 rings (SSSR count). The van der Waals surface area contributed by atoms with E-state index in [2.05, 4.69) is 17.4 Å². The Balaban J connectivity index is 1.89. The van der Waals surface area contributed by atoms with Crippen molar-refractivity contribution in [1.82, 2.24) is 5.32 Å². The Morgan fingerprint density at radius 1 is 1.39 bits per heavy atom. The van der Waals surface area contributed by atoms with Crippen LogP contribution in [0.1, 0.15) is 5.56 Å². The molecule has 0 aliphatic carbocycles. The minimum atomic E-state index is -0.0119.